The van der Waals surface area contributed by atoms with Gasteiger partial charge in [0.15, 0.2) is 0 Å². The van der Waals surface area contributed by atoms with Gasteiger partial charge in [0.2, 0.25) is 11.8 Å². The molecule has 1 unspecified atom stereocenters. The number of nitrogens with one attached hydrogen (secondary N) is 2. The van der Waals surface area contributed by atoms with E-state index in [1.54, 1.807) is 0 Å². The molecule has 7 heteroatoms. The summed E-state index contributed by atoms with van der Waals surface area (Å²) in [6.07, 6.45) is 0.827. The number of carbonyl (C=O) groups excluding carboxylic acids is 2. The van der Waals surface area contributed by atoms with E-state index in [9.17, 15) is 9.59 Å². The molecule has 0 aliphatic carbocycles. The van der Waals surface area contributed by atoms with E-state index >= 15 is 0 Å². The van der Waals surface area contributed by atoms with Crippen LogP contribution in [0.4, 0.5) is 0 Å². The number of thiazole rings is 1. The average molecular weight is 331 g/mol. The van der Waals surface area contributed by atoms with Crippen molar-refractivity contribution in [3.8, 4) is 11.3 Å². The minimum Gasteiger partial charge on any atom is -0.381 e. The van der Waals surface area contributed by atoms with Gasteiger partial charge in [-0.15, -0.1) is 11.3 Å². The van der Waals surface area contributed by atoms with Gasteiger partial charge in [0.1, 0.15) is 5.01 Å². The van der Waals surface area contributed by atoms with E-state index in [0.717, 1.165) is 11.3 Å². The van der Waals surface area contributed by atoms with Crippen LogP contribution >= 0.6 is 11.3 Å². The van der Waals surface area contributed by atoms with Crippen LogP contribution in [-0.4, -0.2) is 30.0 Å². The molecule has 3 rings (SSSR count). The molecule has 2 amide bonds. The molecule has 120 valence electrons. The summed E-state index contributed by atoms with van der Waals surface area (Å²) < 4.78 is 5.14. The quantitative estimate of drug-likeness (QED) is 0.833. The predicted octanol–water partition coefficient (Wildman–Crippen LogP) is 1.54. The number of nitrogens with zero attached hydrogens (tertiary/aromatic N) is 1. The molecule has 1 aromatic carbocycles. The first-order chi connectivity index (χ1) is 11.2. The largest absolute Gasteiger partial charge is 0.381 e. The SMILES string of the molecule is O=C(Cc1nc(-c2ccccc2)cs1)NNC(=O)C1CCOC1. The van der Waals surface area contributed by atoms with Crippen LogP contribution in [0.5, 0.6) is 0 Å². The second-order valence-corrected chi connectivity index (χ2v) is 6.21. The van der Waals surface area contributed by atoms with Crippen molar-refractivity contribution < 1.29 is 14.3 Å². The molecule has 23 heavy (non-hydrogen) atoms. The molecule has 2 N–H and O–H groups in total. The van der Waals surface area contributed by atoms with Crippen molar-refractivity contribution in [2.45, 2.75) is 12.8 Å². The van der Waals surface area contributed by atoms with Crippen molar-refractivity contribution >= 4 is 23.2 Å². The molecule has 1 aliphatic heterocycles. The number of aromatic nitrogens is 1. The van der Waals surface area contributed by atoms with Gasteiger partial charge in [-0.25, -0.2) is 4.98 Å². The van der Waals surface area contributed by atoms with Gasteiger partial charge in [0.25, 0.3) is 0 Å². The van der Waals surface area contributed by atoms with Crippen LogP contribution in [0.2, 0.25) is 0 Å². The molecule has 1 aliphatic rings. The second kappa shape index (κ2) is 7.34. The first kappa shape index (κ1) is 15.6. The smallest absolute Gasteiger partial charge is 0.245 e. The molecule has 1 aromatic heterocycles. The topological polar surface area (TPSA) is 80.3 Å². The fraction of sp³-hybridized carbons (Fsp3) is 0.312. The molecule has 1 fully saturated rings. The summed E-state index contributed by atoms with van der Waals surface area (Å²) in [6.45, 7) is 1.00. The summed E-state index contributed by atoms with van der Waals surface area (Å²) in [5.41, 5.74) is 6.74. The van der Waals surface area contributed by atoms with Gasteiger partial charge in [0, 0.05) is 17.6 Å². The van der Waals surface area contributed by atoms with Crippen molar-refractivity contribution in [2.75, 3.05) is 13.2 Å². The highest BCUT2D eigenvalue weighted by molar-refractivity contribution is 7.10. The molecule has 0 spiro atoms. The zero-order chi connectivity index (χ0) is 16.1. The number of amides is 2. The van der Waals surface area contributed by atoms with Gasteiger partial charge in [-0.05, 0) is 6.42 Å². The summed E-state index contributed by atoms with van der Waals surface area (Å²) in [7, 11) is 0. The lowest BCUT2D eigenvalue weighted by Crippen LogP contribution is -2.45. The molecule has 1 atom stereocenters. The highest BCUT2D eigenvalue weighted by atomic mass is 32.1. The average Bonchev–Trinajstić information content (AvgIpc) is 3.25. The first-order valence-corrected chi connectivity index (χ1v) is 8.26. The zero-order valence-corrected chi connectivity index (χ0v) is 13.3. The summed E-state index contributed by atoms with van der Waals surface area (Å²) in [4.78, 5) is 28.1. The summed E-state index contributed by atoms with van der Waals surface area (Å²) in [5.74, 6) is -0.675. The molecule has 1 saturated heterocycles. The van der Waals surface area contributed by atoms with Gasteiger partial charge in [-0.1, -0.05) is 30.3 Å². The van der Waals surface area contributed by atoms with Crippen molar-refractivity contribution in [3.05, 3.63) is 40.7 Å². The van der Waals surface area contributed by atoms with Crippen LogP contribution in [-0.2, 0) is 20.7 Å². The fourth-order valence-electron chi connectivity index (χ4n) is 2.29. The number of hydrogen-bond acceptors (Lipinski definition) is 5. The Hall–Kier alpha value is -2.25. The van der Waals surface area contributed by atoms with Crippen molar-refractivity contribution in [1.29, 1.82) is 0 Å². The fourth-order valence-corrected chi connectivity index (χ4v) is 3.09. The maximum atomic E-state index is 11.9. The van der Waals surface area contributed by atoms with E-state index in [4.69, 9.17) is 4.74 Å². The van der Waals surface area contributed by atoms with Gasteiger partial charge in [-0.2, -0.15) is 0 Å². The lowest BCUT2D eigenvalue weighted by Gasteiger charge is -2.09. The standard InChI is InChI=1S/C16H17N3O3S/c20-14(18-19-16(21)12-6-7-22-9-12)8-15-17-13(10-23-15)11-4-2-1-3-5-11/h1-5,10,12H,6-9H2,(H,18,20)(H,19,21). The Bertz CT molecular complexity index is 681. The van der Waals surface area contributed by atoms with Gasteiger partial charge in [0.05, 0.1) is 24.6 Å². The number of benzene rings is 1. The Morgan fingerprint density at radius 1 is 1.26 bits per heavy atom. The van der Waals surface area contributed by atoms with E-state index in [-0.39, 0.29) is 24.2 Å². The highest BCUT2D eigenvalue weighted by Crippen LogP contribution is 2.21. The highest BCUT2D eigenvalue weighted by Gasteiger charge is 2.23. The third-order valence-corrected chi connectivity index (χ3v) is 4.41. The lowest BCUT2D eigenvalue weighted by molar-refractivity contribution is -0.131. The van der Waals surface area contributed by atoms with Crippen molar-refractivity contribution in [2.24, 2.45) is 5.92 Å². The molecule has 6 nitrogen and oxygen atoms in total. The Balaban J connectivity index is 1.50. The Kier molecular flexibility index (Phi) is 4.99. The van der Waals surface area contributed by atoms with Crippen LogP contribution < -0.4 is 10.9 Å². The van der Waals surface area contributed by atoms with Crippen LogP contribution in [0.25, 0.3) is 11.3 Å². The number of hydrazine groups is 1. The van der Waals surface area contributed by atoms with Crippen molar-refractivity contribution in [3.63, 3.8) is 0 Å². The molecule has 0 radical (unpaired) electrons. The second-order valence-electron chi connectivity index (χ2n) is 5.27. The molecule has 2 heterocycles. The minimum absolute atomic E-state index is 0.138. The number of hydrogen-bond donors (Lipinski definition) is 2. The Labute approximate surface area is 137 Å². The number of ether oxygens (including phenoxy) is 1. The third kappa shape index (κ3) is 4.14. The monoisotopic (exact) mass is 331 g/mol. The molecule has 0 saturated carbocycles. The molecular weight excluding hydrogens is 314 g/mol. The normalized spacial score (nSPS) is 17.0. The maximum Gasteiger partial charge on any atom is 0.245 e. The van der Waals surface area contributed by atoms with Crippen molar-refractivity contribution in [1.82, 2.24) is 15.8 Å². The molecular formula is C16H17N3O3S. The van der Waals surface area contributed by atoms with Crippen LogP contribution in [0.15, 0.2) is 35.7 Å². The summed E-state index contributed by atoms with van der Waals surface area (Å²) in [5, 5.41) is 2.63. The summed E-state index contributed by atoms with van der Waals surface area (Å²) >= 11 is 1.43. The van der Waals surface area contributed by atoms with Gasteiger partial charge in [-0.3, -0.25) is 20.4 Å². The van der Waals surface area contributed by atoms with E-state index in [1.165, 1.54) is 11.3 Å². The minimum atomic E-state index is -0.286. The number of rotatable bonds is 4. The first-order valence-electron chi connectivity index (χ1n) is 7.38. The van der Waals surface area contributed by atoms with Crippen LogP contribution in [0.1, 0.15) is 11.4 Å². The Morgan fingerprint density at radius 3 is 2.83 bits per heavy atom. The van der Waals surface area contributed by atoms with E-state index in [2.05, 4.69) is 15.8 Å². The molecule has 2 aromatic rings. The lowest BCUT2D eigenvalue weighted by atomic mass is 10.1. The predicted molar refractivity (Wildman–Crippen MR) is 86.5 cm³/mol. The van der Waals surface area contributed by atoms with Crippen LogP contribution in [0, 0.1) is 5.92 Å². The third-order valence-electron chi connectivity index (χ3n) is 3.56. The van der Waals surface area contributed by atoms with E-state index in [1.807, 2.05) is 35.7 Å². The summed E-state index contributed by atoms with van der Waals surface area (Å²) in [6, 6.07) is 9.79. The zero-order valence-electron chi connectivity index (χ0n) is 12.5. The van der Waals surface area contributed by atoms with Gasteiger partial charge >= 0.3 is 0 Å². The number of carbonyl (C=O) groups is 2. The van der Waals surface area contributed by atoms with E-state index in [0.29, 0.717) is 24.6 Å². The van der Waals surface area contributed by atoms with E-state index < -0.39 is 0 Å². The van der Waals surface area contributed by atoms with Gasteiger partial charge < -0.3 is 4.74 Å². The maximum absolute atomic E-state index is 11.9. The Morgan fingerprint density at radius 2 is 2.09 bits per heavy atom. The molecule has 0 bridgehead atoms. The van der Waals surface area contributed by atoms with Crippen LogP contribution in [0.3, 0.4) is 0 Å².